The minimum absolute atomic E-state index is 0.198. The van der Waals surface area contributed by atoms with Gasteiger partial charge in [-0.1, -0.05) is 18.2 Å². The minimum atomic E-state index is -0.855. The van der Waals surface area contributed by atoms with Crippen LogP contribution in [0.3, 0.4) is 0 Å². The van der Waals surface area contributed by atoms with E-state index >= 15 is 0 Å². The van der Waals surface area contributed by atoms with Gasteiger partial charge in [-0.05, 0) is 56.2 Å². The van der Waals surface area contributed by atoms with E-state index < -0.39 is 18.0 Å². The van der Waals surface area contributed by atoms with E-state index in [2.05, 4.69) is 5.32 Å². The van der Waals surface area contributed by atoms with Gasteiger partial charge in [-0.2, -0.15) is 0 Å². The Hall–Kier alpha value is -3.35. The van der Waals surface area contributed by atoms with Gasteiger partial charge < -0.3 is 19.7 Å². The molecule has 0 bridgehead atoms. The van der Waals surface area contributed by atoms with Crippen molar-refractivity contribution < 1.29 is 23.9 Å². The van der Waals surface area contributed by atoms with Crippen LogP contribution in [0.15, 0.2) is 54.6 Å². The number of carbonyl (C=O) groups is 3. The fraction of sp³-hybridized carbons (Fsp3) is 0.318. The summed E-state index contributed by atoms with van der Waals surface area (Å²) in [6.07, 6.45) is 1.09. The predicted molar refractivity (Wildman–Crippen MR) is 107 cm³/mol. The third kappa shape index (κ3) is 5.81. The highest BCUT2D eigenvalue weighted by molar-refractivity contribution is 5.96. The molecule has 2 amide bonds. The first-order chi connectivity index (χ1) is 14.0. The molecule has 7 nitrogen and oxygen atoms in total. The van der Waals surface area contributed by atoms with E-state index in [0.29, 0.717) is 30.2 Å². The SMILES string of the molecule is C[C@H](OC(=O)CNC(=O)c1ccc(Oc2ccccc2)cc1)C(=O)N1CCCC1. The second-order valence-electron chi connectivity index (χ2n) is 6.79. The number of ether oxygens (including phenoxy) is 2. The van der Waals surface area contributed by atoms with Crippen molar-refractivity contribution in [2.24, 2.45) is 0 Å². The molecule has 1 heterocycles. The average molecular weight is 396 g/mol. The van der Waals surface area contributed by atoms with E-state index in [-0.39, 0.29) is 12.5 Å². The molecule has 29 heavy (non-hydrogen) atoms. The van der Waals surface area contributed by atoms with E-state index in [4.69, 9.17) is 9.47 Å². The van der Waals surface area contributed by atoms with Crippen LogP contribution < -0.4 is 10.1 Å². The Kier molecular flexibility index (Phi) is 6.84. The number of hydrogen-bond acceptors (Lipinski definition) is 5. The monoisotopic (exact) mass is 396 g/mol. The predicted octanol–water partition coefficient (Wildman–Crippen LogP) is 2.76. The van der Waals surface area contributed by atoms with Crippen molar-refractivity contribution in [1.29, 1.82) is 0 Å². The Bertz CT molecular complexity index is 845. The van der Waals surface area contributed by atoms with Crippen molar-refractivity contribution in [2.45, 2.75) is 25.9 Å². The van der Waals surface area contributed by atoms with E-state index in [1.807, 2.05) is 30.3 Å². The fourth-order valence-corrected chi connectivity index (χ4v) is 3.04. The lowest BCUT2D eigenvalue weighted by Crippen LogP contribution is -2.40. The normalized spacial score (nSPS) is 14.2. The van der Waals surface area contributed by atoms with Gasteiger partial charge in [-0.15, -0.1) is 0 Å². The van der Waals surface area contributed by atoms with Gasteiger partial charge in [0.05, 0.1) is 0 Å². The van der Waals surface area contributed by atoms with Crippen LogP contribution in [0.25, 0.3) is 0 Å². The lowest BCUT2D eigenvalue weighted by Gasteiger charge is -2.20. The number of amides is 2. The fourth-order valence-electron chi connectivity index (χ4n) is 3.04. The van der Waals surface area contributed by atoms with E-state index in [9.17, 15) is 14.4 Å². The van der Waals surface area contributed by atoms with Crippen molar-refractivity contribution in [3.8, 4) is 11.5 Å². The van der Waals surface area contributed by atoms with Crippen LogP contribution in [0.4, 0.5) is 0 Å². The molecule has 1 saturated heterocycles. The van der Waals surface area contributed by atoms with Crippen LogP contribution in [0.5, 0.6) is 11.5 Å². The number of likely N-dealkylation sites (tertiary alicyclic amines) is 1. The summed E-state index contributed by atoms with van der Waals surface area (Å²) in [5.41, 5.74) is 0.388. The zero-order chi connectivity index (χ0) is 20.6. The zero-order valence-electron chi connectivity index (χ0n) is 16.3. The van der Waals surface area contributed by atoms with Gasteiger partial charge in [-0.25, -0.2) is 0 Å². The summed E-state index contributed by atoms with van der Waals surface area (Å²) in [7, 11) is 0. The first kappa shape index (κ1) is 20.4. The smallest absolute Gasteiger partial charge is 0.326 e. The molecule has 3 rings (SSSR count). The lowest BCUT2D eigenvalue weighted by atomic mass is 10.2. The van der Waals surface area contributed by atoms with Crippen molar-refractivity contribution in [3.63, 3.8) is 0 Å². The minimum Gasteiger partial charge on any atom is -0.457 e. The molecule has 152 valence electrons. The van der Waals surface area contributed by atoms with Gasteiger partial charge in [0.2, 0.25) is 0 Å². The average Bonchev–Trinajstić information content (AvgIpc) is 3.27. The topological polar surface area (TPSA) is 84.9 Å². The largest absolute Gasteiger partial charge is 0.457 e. The number of rotatable bonds is 7. The molecule has 1 fully saturated rings. The quantitative estimate of drug-likeness (QED) is 0.728. The standard InChI is InChI=1S/C22H24N2O5/c1-16(22(27)24-13-5-6-14-24)28-20(25)15-23-21(26)17-9-11-19(12-10-17)29-18-7-3-2-4-8-18/h2-4,7-12,16H,5-6,13-15H2,1H3,(H,23,26)/t16-/m0/s1. The molecule has 0 radical (unpaired) electrons. The number of nitrogens with one attached hydrogen (secondary N) is 1. The third-order valence-corrected chi connectivity index (χ3v) is 4.56. The molecule has 1 atom stereocenters. The number of benzene rings is 2. The van der Waals surface area contributed by atoms with E-state index in [1.54, 1.807) is 36.1 Å². The summed E-state index contributed by atoms with van der Waals surface area (Å²) >= 11 is 0. The van der Waals surface area contributed by atoms with Crippen molar-refractivity contribution >= 4 is 17.8 Å². The van der Waals surface area contributed by atoms with Crippen LogP contribution in [-0.2, 0) is 14.3 Å². The van der Waals surface area contributed by atoms with Gasteiger partial charge in [0.15, 0.2) is 6.10 Å². The molecular formula is C22H24N2O5. The summed E-state index contributed by atoms with van der Waals surface area (Å²) in [5.74, 6) is 0.0387. The maximum atomic E-state index is 12.2. The molecule has 0 spiro atoms. The van der Waals surface area contributed by atoms with E-state index in [0.717, 1.165) is 12.8 Å². The summed E-state index contributed by atoms with van der Waals surface area (Å²) in [6.45, 7) is 2.63. The van der Waals surface area contributed by atoms with Gasteiger partial charge >= 0.3 is 5.97 Å². The van der Waals surface area contributed by atoms with Crippen molar-refractivity contribution in [2.75, 3.05) is 19.6 Å². The van der Waals surface area contributed by atoms with Crippen LogP contribution >= 0.6 is 0 Å². The molecule has 0 saturated carbocycles. The van der Waals surface area contributed by atoms with Crippen LogP contribution in [0.1, 0.15) is 30.1 Å². The molecule has 2 aromatic carbocycles. The number of para-hydroxylation sites is 1. The molecule has 1 aliphatic rings. The number of hydrogen-bond donors (Lipinski definition) is 1. The Balaban J connectivity index is 1.44. The molecule has 0 aliphatic carbocycles. The second kappa shape index (κ2) is 9.73. The Morgan fingerprint density at radius 1 is 0.966 bits per heavy atom. The van der Waals surface area contributed by atoms with Gasteiger partial charge in [0.1, 0.15) is 18.0 Å². The number of nitrogens with zero attached hydrogens (tertiary/aromatic N) is 1. The maximum Gasteiger partial charge on any atom is 0.326 e. The first-order valence-electron chi connectivity index (χ1n) is 9.62. The Labute approximate surface area is 169 Å². The molecule has 0 aromatic heterocycles. The van der Waals surface area contributed by atoms with Crippen LogP contribution in [0.2, 0.25) is 0 Å². The van der Waals surface area contributed by atoms with Crippen LogP contribution in [-0.4, -0.2) is 48.4 Å². The summed E-state index contributed by atoms with van der Waals surface area (Å²) in [4.78, 5) is 38.0. The molecule has 1 aliphatic heterocycles. The summed E-state index contributed by atoms with van der Waals surface area (Å²) < 4.78 is 10.8. The molecule has 0 unspecified atom stereocenters. The number of esters is 1. The Morgan fingerprint density at radius 3 is 2.24 bits per heavy atom. The molecule has 1 N–H and O–H groups in total. The highest BCUT2D eigenvalue weighted by atomic mass is 16.5. The van der Waals surface area contributed by atoms with Crippen LogP contribution in [0, 0.1) is 0 Å². The van der Waals surface area contributed by atoms with Gasteiger partial charge in [0, 0.05) is 18.7 Å². The summed E-state index contributed by atoms with van der Waals surface area (Å²) in [5, 5.41) is 2.50. The van der Waals surface area contributed by atoms with Gasteiger partial charge in [-0.3, -0.25) is 14.4 Å². The highest BCUT2D eigenvalue weighted by Gasteiger charge is 2.25. The Morgan fingerprint density at radius 2 is 1.59 bits per heavy atom. The summed E-state index contributed by atoms with van der Waals surface area (Å²) in [6, 6.07) is 15.9. The zero-order valence-corrected chi connectivity index (χ0v) is 16.3. The first-order valence-corrected chi connectivity index (χ1v) is 9.62. The van der Waals surface area contributed by atoms with Gasteiger partial charge in [0.25, 0.3) is 11.8 Å². The molecule has 7 heteroatoms. The highest BCUT2D eigenvalue weighted by Crippen LogP contribution is 2.21. The van der Waals surface area contributed by atoms with Crippen molar-refractivity contribution in [3.05, 3.63) is 60.2 Å². The van der Waals surface area contributed by atoms with Crippen molar-refractivity contribution in [1.82, 2.24) is 10.2 Å². The second-order valence-corrected chi connectivity index (χ2v) is 6.79. The molecular weight excluding hydrogens is 372 g/mol. The van der Waals surface area contributed by atoms with E-state index in [1.165, 1.54) is 0 Å². The number of carbonyl (C=O) groups excluding carboxylic acids is 3. The lowest BCUT2D eigenvalue weighted by molar-refractivity contribution is -0.157. The molecule has 2 aromatic rings. The third-order valence-electron chi connectivity index (χ3n) is 4.56. The maximum absolute atomic E-state index is 12.2.